The molecule has 1 aliphatic carbocycles. The van der Waals surface area contributed by atoms with Crippen LogP contribution in [0, 0.1) is 0 Å². The molecule has 0 saturated heterocycles. The van der Waals surface area contributed by atoms with Gasteiger partial charge in [-0.15, -0.1) is 0 Å². The molecular weight excluding hydrogens is 332 g/mol. The van der Waals surface area contributed by atoms with Crippen LogP contribution in [0.4, 0.5) is 0 Å². The standard InChI is InChI=1S/C15H17BrN4O/c16-12-5-10-3-4-21-15(10)11(6-12)8-20-9-18-14(19-20)7-17-13-1-2-13/h5-6,9,13,17H,1-4,7-8H2. The lowest BCUT2D eigenvalue weighted by Crippen LogP contribution is -2.16. The lowest BCUT2D eigenvalue weighted by atomic mass is 10.1. The van der Waals surface area contributed by atoms with Gasteiger partial charge in [0.25, 0.3) is 0 Å². The van der Waals surface area contributed by atoms with Crippen molar-refractivity contribution in [3.8, 4) is 5.75 Å². The van der Waals surface area contributed by atoms with Gasteiger partial charge < -0.3 is 10.1 Å². The third kappa shape index (κ3) is 2.96. The van der Waals surface area contributed by atoms with E-state index in [0.29, 0.717) is 12.6 Å². The summed E-state index contributed by atoms with van der Waals surface area (Å²) in [5.74, 6) is 1.88. The zero-order valence-corrected chi connectivity index (χ0v) is 13.3. The highest BCUT2D eigenvalue weighted by Gasteiger charge is 2.21. The molecule has 4 rings (SSSR count). The molecule has 2 heterocycles. The van der Waals surface area contributed by atoms with E-state index in [2.05, 4.69) is 43.5 Å². The first-order valence-corrected chi connectivity index (χ1v) is 8.13. The second-order valence-corrected chi connectivity index (χ2v) is 6.58. The van der Waals surface area contributed by atoms with Crippen molar-refractivity contribution in [3.05, 3.63) is 39.9 Å². The fourth-order valence-corrected chi connectivity index (χ4v) is 3.20. The quantitative estimate of drug-likeness (QED) is 0.900. The van der Waals surface area contributed by atoms with E-state index in [1.54, 1.807) is 6.33 Å². The zero-order chi connectivity index (χ0) is 14.2. The third-order valence-corrected chi connectivity index (χ3v) is 4.33. The number of aromatic nitrogens is 3. The summed E-state index contributed by atoms with van der Waals surface area (Å²) in [4.78, 5) is 4.36. The first-order chi connectivity index (χ1) is 10.3. The van der Waals surface area contributed by atoms with E-state index in [0.717, 1.165) is 41.2 Å². The molecule has 5 nitrogen and oxygen atoms in total. The number of fused-ring (bicyclic) bond motifs is 1. The van der Waals surface area contributed by atoms with Crippen molar-refractivity contribution in [2.24, 2.45) is 0 Å². The maximum atomic E-state index is 5.76. The molecular formula is C15H17BrN4O. The summed E-state index contributed by atoms with van der Waals surface area (Å²) in [6.45, 7) is 2.22. The van der Waals surface area contributed by atoms with E-state index in [9.17, 15) is 0 Å². The number of hydrogen-bond acceptors (Lipinski definition) is 4. The average molecular weight is 349 g/mol. The zero-order valence-electron chi connectivity index (χ0n) is 11.7. The number of nitrogens with zero attached hydrogens (tertiary/aromatic N) is 3. The van der Waals surface area contributed by atoms with Gasteiger partial charge in [0.05, 0.1) is 19.7 Å². The Balaban J connectivity index is 1.50. The molecule has 0 spiro atoms. The van der Waals surface area contributed by atoms with Crippen LogP contribution in [-0.4, -0.2) is 27.4 Å². The van der Waals surface area contributed by atoms with Crippen LogP contribution in [-0.2, 0) is 19.5 Å². The van der Waals surface area contributed by atoms with Gasteiger partial charge in [-0.3, -0.25) is 0 Å². The van der Waals surface area contributed by atoms with Crippen molar-refractivity contribution in [1.29, 1.82) is 0 Å². The highest BCUT2D eigenvalue weighted by Crippen LogP contribution is 2.33. The van der Waals surface area contributed by atoms with Gasteiger partial charge in [-0.05, 0) is 30.5 Å². The smallest absolute Gasteiger partial charge is 0.164 e. The van der Waals surface area contributed by atoms with Gasteiger partial charge >= 0.3 is 0 Å². The van der Waals surface area contributed by atoms with Crippen molar-refractivity contribution >= 4 is 15.9 Å². The molecule has 2 aliphatic rings. The van der Waals surface area contributed by atoms with Crippen molar-refractivity contribution in [3.63, 3.8) is 0 Å². The summed E-state index contributed by atoms with van der Waals surface area (Å²) in [7, 11) is 0. The van der Waals surface area contributed by atoms with Crippen molar-refractivity contribution in [2.75, 3.05) is 6.61 Å². The SMILES string of the molecule is Brc1cc2c(c(Cn3cnc(CNC4CC4)n3)c1)OCC2. The summed E-state index contributed by atoms with van der Waals surface area (Å²) in [6, 6.07) is 4.92. The van der Waals surface area contributed by atoms with E-state index in [1.165, 1.54) is 18.4 Å². The first-order valence-electron chi connectivity index (χ1n) is 7.34. The molecule has 0 atom stereocenters. The molecule has 110 valence electrons. The van der Waals surface area contributed by atoms with Crippen molar-refractivity contribution in [1.82, 2.24) is 20.1 Å². The van der Waals surface area contributed by atoms with Gasteiger partial charge in [-0.1, -0.05) is 15.9 Å². The van der Waals surface area contributed by atoms with E-state index in [1.807, 2.05) is 4.68 Å². The Morgan fingerprint density at radius 1 is 1.38 bits per heavy atom. The largest absolute Gasteiger partial charge is 0.493 e. The van der Waals surface area contributed by atoms with Crippen molar-refractivity contribution in [2.45, 2.75) is 38.4 Å². The summed E-state index contributed by atoms with van der Waals surface area (Å²) >= 11 is 3.57. The second kappa shape index (κ2) is 5.42. The molecule has 2 aromatic rings. The summed E-state index contributed by atoms with van der Waals surface area (Å²) in [5, 5.41) is 7.96. The van der Waals surface area contributed by atoms with E-state index < -0.39 is 0 Å². The average Bonchev–Trinajstić information content (AvgIpc) is 2.98. The Labute approximate surface area is 131 Å². The van der Waals surface area contributed by atoms with Gasteiger partial charge in [-0.2, -0.15) is 5.10 Å². The first kappa shape index (κ1) is 13.3. The van der Waals surface area contributed by atoms with Crippen molar-refractivity contribution < 1.29 is 4.74 Å². The number of rotatable bonds is 5. The molecule has 21 heavy (non-hydrogen) atoms. The predicted octanol–water partition coefficient (Wildman–Crippen LogP) is 2.28. The Hall–Kier alpha value is -1.40. The van der Waals surface area contributed by atoms with Crippen LogP contribution >= 0.6 is 15.9 Å². The second-order valence-electron chi connectivity index (χ2n) is 5.67. The fraction of sp³-hybridized carbons (Fsp3) is 0.467. The molecule has 1 fully saturated rings. The third-order valence-electron chi connectivity index (χ3n) is 3.87. The van der Waals surface area contributed by atoms with E-state index >= 15 is 0 Å². The Bertz CT molecular complexity index is 666. The molecule has 1 saturated carbocycles. The maximum Gasteiger partial charge on any atom is 0.164 e. The Morgan fingerprint density at radius 2 is 2.29 bits per heavy atom. The maximum absolute atomic E-state index is 5.76. The predicted molar refractivity (Wildman–Crippen MR) is 82.3 cm³/mol. The van der Waals surface area contributed by atoms with Crippen LogP contribution in [0.15, 0.2) is 22.9 Å². The molecule has 0 radical (unpaired) electrons. The van der Waals surface area contributed by atoms with E-state index in [4.69, 9.17) is 4.74 Å². The number of hydrogen-bond donors (Lipinski definition) is 1. The monoisotopic (exact) mass is 348 g/mol. The molecule has 0 bridgehead atoms. The Kier molecular flexibility index (Phi) is 3.43. The minimum absolute atomic E-state index is 0.679. The van der Waals surface area contributed by atoms with Crippen LogP contribution < -0.4 is 10.1 Å². The molecule has 1 aromatic heterocycles. The molecule has 0 unspecified atom stereocenters. The molecule has 6 heteroatoms. The van der Waals surface area contributed by atoms with Crippen LogP contribution in [0.5, 0.6) is 5.75 Å². The highest BCUT2D eigenvalue weighted by molar-refractivity contribution is 9.10. The molecule has 1 aliphatic heterocycles. The minimum Gasteiger partial charge on any atom is -0.493 e. The van der Waals surface area contributed by atoms with Crippen LogP contribution in [0.3, 0.4) is 0 Å². The van der Waals surface area contributed by atoms with Gasteiger partial charge in [-0.25, -0.2) is 9.67 Å². The summed E-state index contributed by atoms with van der Waals surface area (Å²) in [5.41, 5.74) is 2.43. The fourth-order valence-electron chi connectivity index (χ4n) is 2.65. The van der Waals surface area contributed by atoms with Gasteiger partial charge in [0.1, 0.15) is 12.1 Å². The lowest BCUT2D eigenvalue weighted by Gasteiger charge is -2.08. The molecule has 1 aromatic carbocycles. The molecule has 1 N–H and O–H groups in total. The minimum atomic E-state index is 0.679. The lowest BCUT2D eigenvalue weighted by molar-refractivity contribution is 0.352. The van der Waals surface area contributed by atoms with Gasteiger partial charge in [0, 0.05) is 22.5 Å². The van der Waals surface area contributed by atoms with Crippen LogP contribution in [0.1, 0.15) is 29.8 Å². The van der Waals surface area contributed by atoms with Crippen LogP contribution in [0.25, 0.3) is 0 Å². The van der Waals surface area contributed by atoms with Gasteiger partial charge in [0.2, 0.25) is 0 Å². The normalized spacial score (nSPS) is 16.8. The number of halogens is 1. The Morgan fingerprint density at radius 3 is 3.14 bits per heavy atom. The summed E-state index contributed by atoms with van der Waals surface area (Å²) < 4.78 is 8.73. The van der Waals surface area contributed by atoms with Gasteiger partial charge in [0.15, 0.2) is 5.82 Å². The topological polar surface area (TPSA) is 52.0 Å². The number of benzene rings is 1. The summed E-state index contributed by atoms with van der Waals surface area (Å²) in [6.07, 6.45) is 5.34. The van der Waals surface area contributed by atoms with Crippen LogP contribution in [0.2, 0.25) is 0 Å². The highest BCUT2D eigenvalue weighted by atomic mass is 79.9. The number of nitrogens with one attached hydrogen (secondary N) is 1. The van der Waals surface area contributed by atoms with E-state index in [-0.39, 0.29) is 0 Å². The molecule has 0 amide bonds. The number of ether oxygens (including phenoxy) is 1.